The molecule has 0 saturated carbocycles. The molecule has 2 aromatic carbocycles. The summed E-state index contributed by atoms with van der Waals surface area (Å²) in [7, 11) is 2.56. The van der Waals surface area contributed by atoms with Crippen LogP contribution in [0.25, 0.3) is 0 Å². The molecule has 3 aliphatic rings. The fraction of sp³-hybridized carbons (Fsp3) is 0.429. The van der Waals surface area contributed by atoms with Crippen molar-refractivity contribution in [2.24, 2.45) is 0 Å². The summed E-state index contributed by atoms with van der Waals surface area (Å²) in [5.74, 6) is 2.08. The molecule has 2 aromatic rings. The lowest BCUT2D eigenvalue weighted by molar-refractivity contribution is 0.311. The van der Waals surface area contributed by atoms with Gasteiger partial charge in [-0.2, -0.15) is 0 Å². The molecule has 136 valence electrons. The first kappa shape index (κ1) is 16.1. The van der Waals surface area contributed by atoms with Crippen LogP contribution in [0.3, 0.4) is 0 Å². The van der Waals surface area contributed by atoms with E-state index >= 15 is 0 Å². The summed E-state index contributed by atoms with van der Waals surface area (Å²) >= 11 is 0. The second-order valence-corrected chi connectivity index (χ2v) is 12.6. The molecule has 0 fully saturated rings. The molecule has 5 rings (SSSR count). The number of benzene rings is 2. The molecule has 0 amide bonds. The minimum atomic E-state index is -1.77. The molecule has 3 heterocycles. The number of likely N-dealkylation sites (N-methyl/N-ethyl adjacent to an activating group) is 2. The summed E-state index contributed by atoms with van der Waals surface area (Å²) in [6, 6.07) is 9.42. The van der Waals surface area contributed by atoms with Crippen molar-refractivity contribution in [3.63, 3.8) is 0 Å². The Bertz CT molecular complexity index is 838. The first-order valence-corrected chi connectivity index (χ1v) is 12.5. The minimum absolute atomic E-state index is 0.771. The molecule has 0 saturated heterocycles. The summed E-state index contributed by atoms with van der Waals surface area (Å²) in [6.45, 7) is 8.42. The minimum Gasteiger partial charge on any atom is -0.490 e. The highest BCUT2D eigenvalue weighted by Crippen LogP contribution is 2.37. The van der Waals surface area contributed by atoms with E-state index in [0.717, 1.165) is 44.2 Å². The van der Waals surface area contributed by atoms with Gasteiger partial charge in [0.25, 0.3) is 0 Å². The molecule has 0 spiro atoms. The SMILES string of the molecule is CN1CCOc2cc3c(cc21)[Si](C)(C)c1cc2c(cc1C3)OCCN2C. The van der Waals surface area contributed by atoms with E-state index in [4.69, 9.17) is 9.47 Å². The van der Waals surface area contributed by atoms with Crippen molar-refractivity contribution in [3.8, 4) is 11.5 Å². The van der Waals surface area contributed by atoms with Crippen molar-refractivity contribution < 1.29 is 9.47 Å². The van der Waals surface area contributed by atoms with Gasteiger partial charge in [0.15, 0.2) is 0 Å². The third-order valence-electron chi connectivity index (χ3n) is 6.29. The number of anilines is 2. The van der Waals surface area contributed by atoms with Crippen LogP contribution in [0.1, 0.15) is 11.1 Å². The van der Waals surface area contributed by atoms with E-state index in [0.29, 0.717) is 0 Å². The van der Waals surface area contributed by atoms with Gasteiger partial charge in [0.1, 0.15) is 32.8 Å². The Morgan fingerprint density at radius 2 is 1.23 bits per heavy atom. The maximum absolute atomic E-state index is 5.96. The van der Waals surface area contributed by atoms with Crippen LogP contribution in [0, 0.1) is 0 Å². The summed E-state index contributed by atoms with van der Waals surface area (Å²) in [6.07, 6.45) is 0.974. The molecular weight excluding hydrogens is 340 g/mol. The van der Waals surface area contributed by atoms with E-state index in [2.05, 4.69) is 61.3 Å². The predicted molar refractivity (Wildman–Crippen MR) is 110 cm³/mol. The van der Waals surface area contributed by atoms with Gasteiger partial charge in [-0.3, -0.25) is 0 Å². The molecule has 5 heteroatoms. The Kier molecular flexibility index (Phi) is 3.35. The van der Waals surface area contributed by atoms with Crippen molar-refractivity contribution in [2.75, 3.05) is 50.2 Å². The Morgan fingerprint density at radius 1 is 0.769 bits per heavy atom. The fourth-order valence-corrected chi connectivity index (χ4v) is 7.89. The third-order valence-corrected chi connectivity index (χ3v) is 9.91. The highest BCUT2D eigenvalue weighted by atomic mass is 28.3. The molecule has 0 unspecified atom stereocenters. The second kappa shape index (κ2) is 5.43. The highest BCUT2D eigenvalue weighted by Gasteiger charge is 2.37. The molecule has 4 nitrogen and oxygen atoms in total. The van der Waals surface area contributed by atoms with Crippen LogP contribution in [-0.4, -0.2) is 48.5 Å². The first-order valence-electron chi connectivity index (χ1n) is 9.48. The van der Waals surface area contributed by atoms with Crippen LogP contribution < -0.4 is 29.6 Å². The van der Waals surface area contributed by atoms with E-state index in [1.807, 2.05) is 0 Å². The van der Waals surface area contributed by atoms with Gasteiger partial charge in [-0.1, -0.05) is 13.1 Å². The predicted octanol–water partition coefficient (Wildman–Crippen LogP) is 2.07. The molecule has 0 aromatic heterocycles. The summed E-state index contributed by atoms with van der Waals surface area (Å²) in [5.41, 5.74) is 5.37. The van der Waals surface area contributed by atoms with Gasteiger partial charge in [0.2, 0.25) is 0 Å². The van der Waals surface area contributed by atoms with Gasteiger partial charge < -0.3 is 19.3 Å². The van der Waals surface area contributed by atoms with Gasteiger partial charge in [-0.15, -0.1) is 0 Å². The normalized spacial score (nSPS) is 19.5. The number of nitrogens with zero attached hydrogens (tertiary/aromatic N) is 2. The number of fused-ring (bicyclic) bond motifs is 4. The van der Waals surface area contributed by atoms with Crippen molar-refractivity contribution in [1.82, 2.24) is 0 Å². The van der Waals surface area contributed by atoms with E-state index in [9.17, 15) is 0 Å². The number of hydrogen-bond donors (Lipinski definition) is 0. The monoisotopic (exact) mass is 366 g/mol. The second-order valence-electron chi connectivity index (χ2n) is 8.30. The number of hydrogen-bond acceptors (Lipinski definition) is 4. The van der Waals surface area contributed by atoms with Crippen LogP contribution in [0.2, 0.25) is 13.1 Å². The molecule has 0 atom stereocenters. The standard InChI is InChI=1S/C21H26N2O2Si/c1-22-5-7-24-18-10-14-9-15-11-19-17(23(2)6-8-25-19)13-21(15)26(3,4)20(14)12-16(18)22/h10-13H,5-9H2,1-4H3. The van der Waals surface area contributed by atoms with Crippen molar-refractivity contribution in [1.29, 1.82) is 0 Å². The molecule has 0 aliphatic carbocycles. The maximum atomic E-state index is 5.96. The van der Waals surface area contributed by atoms with Gasteiger partial charge in [0, 0.05) is 14.1 Å². The molecular formula is C21H26N2O2Si. The van der Waals surface area contributed by atoms with Gasteiger partial charge in [0.05, 0.1) is 24.5 Å². The van der Waals surface area contributed by atoms with E-state index in [-0.39, 0.29) is 0 Å². The molecule has 0 N–H and O–H groups in total. The molecule has 0 bridgehead atoms. The Morgan fingerprint density at radius 3 is 1.69 bits per heavy atom. The average molecular weight is 367 g/mol. The van der Waals surface area contributed by atoms with Crippen molar-refractivity contribution in [2.45, 2.75) is 19.5 Å². The van der Waals surface area contributed by atoms with Crippen LogP contribution in [-0.2, 0) is 6.42 Å². The summed E-state index contributed by atoms with van der Waals surface area (Å²) in [5, 5.41) is 3.11. The fourth-order valence-electron chi connectivity index (χ4n) is 4.68. The van der Waals surface area contributed by atoms with Crippen LogP contribution in [0.4, 0.5) is 11.4 Å². The molecule has 0 radical (unpaired) electrons. The van der Waals surface area contributed by atoms with Crippen LogP contribution in [0.15, 0.2) is 24.3 Å². The molecule has 26 heavy (non-hydrogen) atoms. The quantitative estimate of drug-likeness (QED) is 0.667. The lowest BCUT2D eigenvalue weighted by Crippen LogP contribution is -2.58. The highest BCUT2D eigenvalue weighted by molar-refractivity contribution is 7.01. The Hall–Kier alpha value is -2.14. The summed E-state index contributed by atoms with van der Waals surface area (Å²) in [4.78, 5) is 4.65. The maximum Gasteiger partial charge on any atom is 0.142 e. The lowest BCUT2D eigenvalue weighted by atomic mass is 10.0. The van der Waals surface area contributed by atoms with E-state index < -0.39 is 8.07 Å². The summed E-state index contributed by atoms with van der Waals surface area (Å²) < 4.78 is 11.9. The third kappa shape index (κ3) is 2.19. The number of rotatable bonds is 0. The van der Waals surface area contributed by atoms with Crippen molar-refractivity contribution in [3.05, 3.63) is 35.4 Å². The zero-order valence-corrected chi connectivity index (χ0v) is 17.1. The first-order chi connectivity index (χ1) is 12.4. The van der Waals surface area contributed by atoms with Gasteiger partial charge in [-0.05, 0) is 52.2 Å². The Balaban J connectivity index is 1.69. The smallest absolute Gasteiger partial charge is 0.142 e. The molecule has 3 aliphatic heterocycles. The van der Waals surface area contributed by atoms with Gasteiger partial charge in [-0.25, -0.2) is 0 Å². The largest absolute Gasteiger partial charge is 0.490 e. The number of ether oxygens (including phenoxy) is 2. The van der Waals surface area contributed by atoms with E-state index in [1.54, 1.807) is 10.4 Å². The topological polar surface area (TPSA) is 24.9 Å². The van der Waals surface area contributed by atoms with Crippen LogP contribution in [0.5, 0.6) is 11.5 Å². The average Bonchev–Trinajstić information content (AvgIpc) is 2.60. The van der Waals surface area contributed by atoms with Crippen LogP contribution >= 0.6 is 0 Å². The van der Waals surface area contributed by atoms with E-state index in [1.165, 1.54) is 22.5 Å². The zero-order valence-electron chi connectivity index (χ0n) is 16.1. The lowest BCUT2D eigenvalue weighted by Gasteiger charge is -2.38. The zero-order chi connectivity index (χ0) is 18.1. The van der Waals surface area contributed by atoms with Crippen molar-refractivity contribution >= 4 is 29.8 Å². The van der Waals surface area contributed by atoms with Gasteiger partial charge >= 0.3 is 0 Å². The Labute approximate surface area is 156 Å².